The summed E-state index contributed by atoms with van der Waals surface area (Å²) in [4.78, 5) is 23.2. The minimum atomic E-state index is -0.807. The van der Waals surface area contributed by atoms with Gasteiger partial charge < -0.3 is 10.5 Å². The van der Waals surface area contributed by atoms with E-state index in [0.717, 1.165) is 0 Å². The lowest BCUT2D eigenvalue weighted by atomic mass is 10.4. The molecular weight excluding hydrogens is 210 g/mol. The van der Waals surface area contributed by atoms with Gasteiger partial charge in [-0.2, -0.15) is 0 Å². The zero-order valence-electron chi connectivity index (χ0n) is 7.69. The summed E-state index contributed by atoms with van der Waals surface area (Å²) in [6.07, 6.45) is 0. The minimum absolute atomic E-state index is 0. The van der Waals surface area contributed by atoms with Crippen molar-refractivity contribution in [3.05, 3.63) is 0 Å². The summed E-state index contributed by atoms with van der Waals surface area (Å²) in [5.41, 5.74) is 4.78. The molecule has 3 amide bonds. The Kier molecular flexibility index (Phi) is 6.18. The summed E-state index contributed by atoms with van der Waals surface area (Å²) in [5.74, 6) is -0.366. The van der Waals surface area contributed by atoms with Crippen molar-refractivity contribution < 1.29 is 14.3 Å². The molecule has 82 valence electrons. The van der Waals surface area contributed by atoms with Gasteiger partial charge in [-0.3, -0.25) is 15.0 Å². The fraction of sp³-hybridized carbons (Fsp3) is 0.714. The van der Waals surface area contributed by atoms with Crippen LogP contribution in [0, 0.1) is 0 Å². The number of hydrogen-bond donors (Lipinski definition) is 2. The Labute approximate surface area is 88.2 Å². The first-order valence-electron chi connectivity index (χ1n) is 4.08. The predicted molar refractivity (Wildman–Crippen MR) is 52.2 cm³/mol. The maximum absolute atomic E-state index is 11.0. The number of imide groups is 1. The van der Waals surface area contributed by atoms with Gasteiger partial charge in [0.2, 0.25) is 5.91 Å². The SMILES string of the molecule is Cl.NC(=O)NC(=O)CN1CCOCC1. The van der Waals surface area contributed by atoms with Crippen LogP contribution >= 0.6 is 12.4 Å². The Bertz CT molecular complexity index is 206. The van der Waals surface area contributed by atoms with E-state index in [2.05, 4.69) is 0 Å². The third-order valence-electron chi connectivity index (χ3n) is 1.73. The minimum Gasteiger partial charge on any atom is -0.379 e. The summed E-state index contributed by atoms with van der Waals surface area (Å²) in [6, 6.07) is -0.807. The Hall–Kier alpha value is -0.850. The van der Waals surface area contributed by atoms with Crippen molar-refractivity contribution in [1.82, 2.24) is 10.2 Å². The molecule has 0 radical (unpaired) electrons. The van der Waals surface area contributed by atoms with Crippen molar-refractivity contribution in [1.29, 1.82) is 0 Å². The van der Waals surface area contributed by atoms with Crippen LogP contribution in [0.3, 0.4) is 0 Å². The first-order chi connectivity index (χ1) is 6.18. The fourth-order valence-electron chi connectivity index (χ4n) is 1.14. The highest BCUT2D eigenvalue weighted by molar-refractivity contribution is 5.94. The number of nitrogens with one attached hydrogen (secondary N) is 1. The summed E-state index contributed by atoms with van der Waals surface area (Å²) < 4.78 is 5.10. The second-order valence-electron chi connectivity index (χ2n) is 2.80. The molecule has 0 saturated carbocycles. The van der Waals surface area contributed by atoms with E-state index < -0.39 is 6.03 Å². The Morgan fingerprint density at radius 2 is 1.93 bits per heavy atom. The Balaban J connectivity index is 0.00000169. The van der Waals surface area contributed by atoms with Gasteiger partial charge in [-0.15, -0.1) is 12.4 Å². The topological polar surface area (TPSA) is 84.7 Å². The molecule has 3 N–H and O–H groups in total. The summed E-state index contributed by atoms with van der Waals surface area (Å²) in [6.45, 7) is 2.89. The lowest BCUT2D eigenvalue weighted by molar-refractivity contribution is -0.122. The van der Waals surface area contributed by atoms with Crippen molar-refractivity contribution in [3.8, 4) is 0 Å². The molecule has 0 bridgehead atoms. The standard InChI is InChI=1S/C7H13N3O3.ClH/c8-7(12)9-6(11)5-10-1-3-13-4-2-10;/h1-5H2,(H3,8,9,11,12);1H. The molecule has 0 aliphatic carbocycles. The third-order valence-corrected chi connectivity index (χ3v) is 1.73. The van der Waals surface area contributed by atoms with Gasteiger partial charge in [0.1, 0.15) is 0 Å². The Morgan fingerprint density at radius 3 is 2.43 bits per heavy atom. The van der Waals surface area contributed by atoms with Gasteiger partial charge in [0.05, 0.1) is 19.8 Å². The molecule has 1 rings (SSSR count). The second-order valence-corrected chi connectivity index (χ2v) is 2.80. The van der Waals surface area contributed by atoms with E-state index >= 15 is 0 Å². The van der Waals surface area contributed by atoms with Crippen molar-refractivity contribution in [2.24, 2.45) is 5.73 Å². The zero-order chi connectivity index (χ0) is 9.68. The monoisotopic (exact) mass is 223 g/mol. The summed E-state index contributed by atoms with van der Waals surface area (Å²) >= 11 is 0. The molecule has 1 heterocycles. The van der Waals surface area contributed by atoms with Crippen LogP contribution in [0.25, 0.3) is 0 Å². The number of primary amides is 1. The van der Waals surface area contributed by atoms with Crippen LogP contribution in [-0.2, 0) is 9.53 Å². The molecule has 0 aromatic heterocycles. The molecule has 1 aliphatic rings. The van der Waals surface area contributed by atoms with Crippen LogP contribution in [0.2, 0.25) is 0 Å². The molecule has 1 fully saturated rings. The van der Waals surface area contributed by atoms with Crippen molar-refractivity contribution in [3.63, 3.8) is 0 Å². The van der Waals surface area contributed by atoms with Crippen LogP contribution in [0.15, 0.2) is 0 Å². The number of ether oxygens (including phenoxy) is 1. The normalized spacial score (nSPS) is 16.9. The van der Waals surface area contributed by atoms with Crippen molar-refractivity contribution in [2.45, 2.75) is 0 Å². The molecule has 0 unspecified atom stereocenters. The molecule has 6 nitrogen and oxygen atoms in total. The van der Waals surface area contributed by atoms with Gasteiger partial charge in [0, 0.05) is 13.1 Å². The van der Waals surface area contributed by atoms with Gasteiger partial charge in [-0.1, -0.05) is 0 Å². The molecule has 14 heavy (non-hydrogen) atoms. The number of nitrogens with two attached hydrogens (primary N) is 1. The van der Waals surface area contributed by atoms with Gasteiger partial charge in [0.15, 0.2) is 0 Å². The maximum atomic E-state index is 11.0. The number of rotatable bonds is 2. The predicted octanol–water partition coefficient (Wildman–Crippen LogP) is -1.06. The number of hydrogen-bond acceptors (Lipinski definition) is 4. The highest BCUT2D eigenvalue weighted by Crippen LogP contribution is 1.95. The van der Waals surface area contributed by atoms with Crippen molar-refractivity contribution in [2.75, 3.05) is 32.8 Å². The average Bonchev–Trinajstić information content (AvgIpc) is 2.04. The average molecular weight is 224 g/mol. The van der Waals surface area contributed by atoms with E-state index in [1.54, 1.807) is 0 Å². The van der Waals surface area contributed by atoms with Gasteiger partial charge in [-0.05, 0) is 0 Å². The molecule has 1 saturated heterocycles. The van der Waals surface area contributed by atoms with Gasteiger partial charge in [-0.25, -0.2) is 4.79 Å². The molecule has 0 spiro atoms. The number of nitrogens with zero attached hydrogens (tertiary/aromatic N) is 1. The highest BCUT2D eigenvalue weighted by atomic mass is 35.5. The molecule has 0 atom stereocenters. The fourth-order valence-corrected chi connectivity index (χ4v) is 1.14. The van der Waals surface area contributed by atoms with Crippen LogP contribution in [-0.4, -0.2) is 49.7 Å². The molecule has 0 aromatic rings. The maximum Gasteiger partial charge on any atom is 0.318 e. The zero-order valence-corrected chi connectivity index (χ0v) is 8.51. The smallest absolute Gasteiger partial charge is 0.318 e. The third kappa shape index (κ3) is 5.00. The highest BCUT2D eigenvalue weighted by Gasteiger charge is 2.14. The molecule has 7 heteroatoms. The van der Waals surface area contributed by atoms with E-state index in [1.165, 1.54) is 0 Å². The van der Waals surface area contributed by atoms with E-state index in [-0.39, 0.29) is 24.9 Å². The van der Waals surface area contributed by atoms with E-state index in [9.17, 15) is 9.59 Å². The van der Waals surface area contributed by atoms with Crippen LogP contribution < -0.4 is 11.1 Å². The van der Waals surface area contributed by atoms with E-state index in [0.29, 0.717) is 26.3 Å². The molecule has 1 aliphatic heterocycles. The second kappa shape index (κ2) is 6.58. The van der Waals surface area contributed by atoms with Crippen molar-refractivity contribution >= 4 is 24.3 Å². The quantitative estimate of drug-likeness (QED) is 0.625. The number of amides is 3. The van der Waals surface area contributed by atoms with E-state index in [1.807, 2.05) is 10.2 Å². The number of morpholine rings is 1. The lowest BCUT2D eigenvalue weighted by Crippen LogP contribution is -2.45. The summed E-state index contributed by atoms with van der Waals surface area (Å²) in [5, 5.41) is 2.01. The largest absolute Gasteiger partial charge is 0.379 e. The summed E-state index contributed by atoms with van der Waals surface area (Å²) in [7, 11) is 0. The first-order valence-corrected chi connectivity index (χ1v) is 4.08. The lowest BCUT2D eigenvalue weighted by Gasteiger charge is -2.25. The van der Waals surface area contributed by atoms with Crippen LogP contribution in [0.1, 0.15) is 0 Å². The number of halogens is 1. The van der Waals surface area contributed by atoms with Crippen LogP contribution in [0.5, 0.6) is 0 Å². The van der Waals surface area contributed by atoms with Crippen LogP contribution in [0.4, 0.5) is 4.79 Å². The van der Waals surface area contributed by atoms with Gasteiger partial charge >= 0.3 is 6.03 Å². The number of carbonyl (C=O) groups excluding carboxylic acids is 2. The number of carbonyl (C=O) groups is 2. The van der Waals surface area contributed by atoms with E-state index in [4.69, 9.17) is 10.5 Å². The molecule has 0 aromatic carbocycles. The number of urea groups is 1. The van der Waals surface area contributed by atoms with Gasteiger partial charge in [0.25, 0.3) is 0 Å². The molecular formula is C7H14ClN3O3. The Morgan fingerprint density at radius 1 is 1.36 bits per heavy atom. The first kappa shape index (κ1) is 13.2.